The Labute approximate surface area is 121 Å². The van der Waals surface area contributed by atoms with E-state index >= 15 is 0 Å². The van der Waals surface area contributed by atoms with Gasteiger partial charge in [-0.25, -0.2) is 4.79 Å². The van der Waals surface area contributed by atoms with Crippen molar-refractivity contribution >= 4 is 33.6 Å². The molecule has 3 amide bonds. The lowest BCUT2D eigenvalue weighted by atomic mass is 10.2. The molecule has 0 spiro atoms. The molecule has 0 atom stereocenters. The maximum absolute atomic E-state index is 11.7. The van der Waals surface area contributed by atoms with Gasteiger partial charge >= 0.3 is 6.03 Å². The van der Waals surface area contributed by atoms with Gasteiger partial charge in [-0.1, -0.05) is 15.9 Å². The summed E-state index contributed by atoms with van der Waals surface area (Å²) >= 11 is 3.37. The Morgan fingerprint density at radius 1 is 1.26 bits per heavy atom. The van der Waals surface area contributed by atoms with E-state index in [2.05, 4.69) is 31.9 Å². The van der Waals surface area contributed by atoms with Crippen LogP contribution < -0.4 is 16.0 Å². The fourth-order valence-corrected chi connectivity index (χ4v) is 1.97. The quantitative estimate of drug-likeness (QED) is 0.777. The summed E-state index contributed by atoms with van der Waals surface area (Å²) in [5, 5.41) is 8.01. The normalized spacial score (nSPS) is 9.84. The van der Waals surface area contributed by atoms with Crippen LogP contribution in [0, 0.1) is 6.92 Å². The molecule has 0 radical (unpaired) electrons. The second kappa shape index (κ2) is 7.78. The Hall–Kier alpha value is -1.56. The van der Waals surface area contributed by atoms with Gasteiger partial charge in [0.15, 0.2) is 0 Å². The number of carbonyl (C=O) groups excluding carboxylic acids is 2. The number of hydrogen-bond acceptors (Lipinski definition) is 2. The molecule has 3 N–H and O–H groups in total. The second-order valence-electron chi connectivity index (χ2n) is 4.04. The van der Waals surface area contributed by atoms with Crippen molar-refractivity contribution in [2.75, 3.05) is 18.4 Å². The lowest BCUT2D eigenvalue weighted by molar-refractivity contribution is -0.116. The largest absolute Gasteiger partial charge is 0.338 e. The summed E-state index contributed by atoms with van der Waals surface area (Å²) in [6.07, 6.45) is 0.243. The topological polar surface area (TPSA) is 70.2 Å². The van der Waals surface area contributed by atoms with E-state index in [4.69, 9.17) is 0 Å². The van der Waals surface area contributed by atoms with Crippen LogP contribution in [0.3, 0.4) is 0 Å². The molecule has 1 rings (SSSR count). The Bertz CT molecular complexity index is 463. The summed E-state index contributed by atoms with van der Waals surface area (Å²) in [5.74, 6) is -0.123. The first-order valence-electron chi connectivity index (χ1n) is 6.10. The summed E-state index contributed by atoms with van der Waals surface area (Å²) < 4.78 is 0.973. The molecule has 104 valence electrons. The fraction of sp³-hybridized carbons (Fsp3) is 0.385. The molecule has 1 aromatic rings. The zero-order valence-corrected chi connectivity index (χ0v) is 12.6. The number of anilines is 1. The van der Waals surface area contributed by atoms with Crippen molar-refractivity contribution in [1.82, 2.24) is 10.6 Å². The highest BCUT2D eigenvalue weighted by molar-refractivity contribution is 9.10. The van der Waals surface area contributed by atoms with E-state index in [1.807, 2.05) is 32.0 Å². The Morgan fingerprint density at radius 2 is 2.00 bits per heavy atom. The van der Waals surface area contributed by atoms with Crippen LogP contribution in [0.2, 0.25) is 0 Å². The molecule has 0 unspecified atom stereocenters. The number of carbonyl (C=O) groups is 2. The summed E-state index contributed by atoms with van der Waals surface area (Å²) in [6, 6.07) is 5.39. The third kappa shape index (κ3) is 5.74. The molecule has 0 aliphatic carbocycles. The van der Waals surface area contributed by atoms with Crippen LogP contribution >= 0.6 is 15.9 Å². The molecule has 0 saturated carbocycles. The molecule has 1 aromatic carbocycles. The van der Waals surface area contributed by atoms with Crippen molar-refractivity contribution < 1.29 is 9.59 Å². The number of urea groups is 1. The van der Waals surface area contributed by atoms with Gasteiger partial charge in [0.05, 0.1) is 0 Å². The van der Waals surface area contributed by atoms with Gasteiger partial charge in [0.1, 0.15) is 0 Å². The minimum atomic E-state index is -0.255. The van der Waals surface area contributed by atoms with Crippen LogP contribution in [0.15, 0.2) is 22.7 Å². The minimum Gasteiger partial charge on any atom is -0.338 e. The lowest BCUT2D eigenvalue weighted by Crippen LogP contribution is -2.36. The SMILES string of the molecule is CCNC(=O)NCCC(=O)Nc1ccc(Br)cc1C. The first-order valence-corrected chi connectivity index (χ1v) is 6.90. The van der Waals surface area contributed by atoms with Gasteiger partial charge in [-0.05, 0) is 37.6 Å². The molecule has 0 fully saturated rings. The second-order valence-corrected chi connectivity index (χ2v) is 4.96. The monoisotopic (exact) mass is 327 g/mol. The Kier molecular flexibility index (Phi) is 6.35. The molecule has 0 aliphatic heterocycles. The van der Waals surface area contributed by atoms with Crippen LogP contribution in [0.1, 0.15) is 18.9 Å². The van der Waals surface area contributed by atoms with Crippen LogP contribution in [0.25, 0.3) is 0 Å². The lowest BCUT2D eigenvalue weighted by Gasteiger charge is -2.09. The number of aryl methyl sites for hydroxylation is 1. The van der Waals surface area contributed by atoms with Gasteiger partial charge in [0, 0.05) is 29.7 Å². The van der Waals surface area contributed by atoms with E-state index in [0.717, 1.165) is 15.7 Å². The van der Waals surface area contributed by atoms with Crippen molar-refractivity contribution in [1.29, 1.82) is 0 Å². The van der Waals surface area contributed by atoms with Crippen molar-refractivity contribution in [3.05, 3.63) is 28.2 Å². The third-order valence-corrected chi connectivity index (χ3v) is 2.93. The maximum Gasteiger partial charge on any atom is 0.314 e. The van der Waals surface area contributed by atoms with Crippen LogP contribution in [0.5, 0.6) is 0 Å². The number of amides is 3. The third-order valence-electron chi connectivity index (χ3n) is 2.44. The van der Waals surface area contributed by atoms with Gasteiger partial charge in [0.2, 0.25) is 5.91 Å². The van der Waals surface area contributed by atoms with Crippen molar-refractivity contribution in [2.24, 2.45) is 0 Å². The van der Waals surface area contributed by atoms with Gasteiger partial charge < -0.3 is 16.0 Å². The minimum absolute atomic E-state index is 0.123. The highest BCUT2D eigenvalue weighted by Gasteiger charge is 2.06. The van der Waals surface area contributed by atoms with Gasteiger partial charge in [0.25, 0.3) is 0 Å². The molecule has 19 heavy (non-hydrogen) atoms. The average molecular weight is 328 g/mol. The van der Waals surface area contributed by atoms with Crippen molar-refractivity contribution in [3.8, 4) is 0 Å². The van der Waals surface area contributed by atoms with Crippen LogP contribution in [0.4, 0.5) is 10.5 Å². The summed E-state index contributed by atoms with van der Waals surface area (Å²) in [4.78, 5) is 22.8. The van der Waals surface area contributed by atoms with Gasteiger partial charge in [-0.2, -0.15) is 0 Å². The Morgan fingerprint density at radius 3 is 2.63 bits per heavy atom. The van der Waals surface area contributed by atoms with Gasteiger partial charge in [-0.15, -0.1) is 0 Å². The average Bonchev–Trinajstić information content (AvgIpc) is 2.33. The number of halogens is 1. The maximum atomic E-state index is 11.7. The number of rotatable bonds is 5. The smallest absolute Gasteiger partial charge is 0.314 e. The van der Waals surface area contributed by atoms with E-state index in [1.54, 1.807) is 0 Å². The molecule has 0 heterocycles. The predicted octanol–water partition coefficient (Wildman–Crippen LogP) is 2.41. The fourth-order valence-electron chi connectivity index (χ4n) is 1.49. The predicted molar refractivity (Wildman–Crippen MR) is 79.2 cm³/mol. The van der Waals surface area contributed by atoms with E-state index in [0.29, 0.717) is 13.1 Å². The standard InChI is InChI=1S/C13H18BrN3O2/c1-3-15-13(19)16-7-6-12(18)17-11-5-4-10(14)8-9(11)2/h4-5,8H,3,6-7H2,1-2H3,(H,17,18)(H2,15,16,19). The van der Waals surface area contributed by atoms with Crippen LogP contribution in [-0.4, -0.2) is 25.0 Å². The number of benzene rings is 1. The van der Waals surface area contributed by atoms with E-state index in [-0.39, 0.29) is 18.4 Å². The van der Waals surface area contributed by atoms with Crippen molar-refractivity contribution in [2.45, 2.75) is 20.3 Å². The molecular weight excluding hydrogens is 310 g/mol. The molecule has 0 saturated heterocycles. The number of hydrogen-bond donors (Lipinski definition) is 3. The zero-order chi connectivity index (χ0) is 14.3. The van der Waals surface area contributed by atoms with E-state index in [9.17, 15) is 9.59 Å². The van der Waals surface area contributed by atoms with E-state index < -0.39 is 0 Å². The zero-order valence-electron chi connectivity index (χ0n) is 11.0. The molecule has 0 aromatic heterocycles. The summed E-state index contributed by atoms with van der Waals surface area (Å²) in [7, 11) is 0. The van der Waals surface area contributed by atoms with E-state index in [1.165, 1.54) is 0 Å². The van der Waals surface area contributed by atoms with Crippen molar-refractivity contribution in [3.63, 3.8) is 0 Å². The molecule has 6 heteroatoms. The summed E-state index contributed by atoms with van der Waals surface area (Å²) in [6.45, 7) is 4.64. The highest BCUT2D eigenvalue weighted by Crippen LogP contribution is 2.19. The van der Waals surface area contributed by atoms with Crippen LogP contribution in [-0.2, 0) is 4.79 Å². The first-order chi connectivity index (χ1) is 9.02. The molecule has 0 aliphatic rings. The number of nitrogens with one attached hydrogen (secondary N) is 3. The summed E-state index contributed by atoms with van der Waals surface area (Å²) in [5.41, 5.74) is 1.77. The molecular formula is C13H18BrN3O2. The molecule has 0 bridgehead atoms. The van der Waals surface area contributed by atoms with Gasteiger partial charge in [-0.3, -0.25) is 4.79 Å². The Balaban J connectivity index is 2.37. The first kappa shape index (κ1) is 15.5. The highest BCUT2D eigenvalue weighted by atomic mass is 79.9. The molecule has 5 nitrogen and oxygen atoms in total.